The van der Waals surface area contributed by atoms with E-state index < -0.39 is 0 Å². The van der Waals surface area contributed by atoms with E-state index >= 15 is 0 Å². The first kappa shape index (κ1) is 20.5. The van der Waals surface area contributed by atoms with Crippen molar-refractivity contribution in [3.05, 3.63) is 74.6 Å². The van der Waals surface area contributed by atoms with Crippen LogP contribution in [0.25, 0.3) is 0 Å². The molecular weight excluding hydrogens is 419 g/mol. The lowest BCUT2D eigenvalue weighted by Gasteiger charge is -2.14. The molecule has 6 nitrogen and oxygen atoms in total. The van der Waals surface area contributed by atoms with Crippen molar-refractivity contribution >= 4 is 46.6 Å². The predicted molar refractivity (Wildman–Crippen MR) is 115 cm³/mol. The van der Waals surface area contributed by atoms with E-state index in [4.69, 9.17) is 27.9 Å². The minimum absolute atomic E-state index is 0.0156. The lowest BCUT2D eigenvalue weighted by molar-refractivity contribution is 0.296. The van der Waals surface area contributed by atoms with Gasteiger partial charge in [-0.1, -0.05) is 36.2 Å². The molecule has 0 saturated heterocycles. The number of rotatable bonds is 8. The molecule has 0 aliphatic rings. The molecule has 28 heavy (non-hydrogen) atoms. The molecular formula is C19H18Cl2N4O2S. The third-order valence-corrected chi connectivity index (χ3v) is 5.04. The number of benzene rings is 2. The first-order valence-corrected chi connectivity index (χ1v) is 10.4. The van der Waals surface area contributed by atoms with Gasteiger partial charge in [0.05, 0.1) is 5.88 Å². The highest BCUT2D eigenvalue weighted by molar-refractivity contribution is 7.98. The molecule has 0 unspecified atom stereocenters. The molecule has 146 valence electrons. The van der Waals surface area contributed by atoms with Gasteiger partial charge in [-0.15, -0.1) is 22.0 Å². The number of anilines is 2. The Balaban J connectivity index is 1.84. The van der Waals surface area contributed by atoms with E-state index in [0.29, 0.717) is 27.6 Å². The number of ether oxygens (including phenoxy) is 1. The summed E-state index contributed by atoms with van der Waals surface area (Å²) in [7, 11) is 0. The van der Waals surface area contributed by atoms with Gasteiger partial charge >= 0.3 is 0 Å². The number of aromatic nitrogens is 3. The average molecular weight is 437 g/mol. The predicted octanol–water partition coefficient (Wildman–Crippen LogP) is 4.98. The normalized spacial score (nSPS) is 10.7. The maximum atomic E-state index is 12.9. The Bertz CT molecular complexity index is 996. The van der Waals surface area contributed by atoms with Gasteiger partial charge in [0, 0.05) is 15.7 Å². The third kappa shape index (κ3) is 5.41. The zero-order chi connectivity index (χ0) is 19.9. The van der Waals surface area contributed by atoms with E-state index in [1.165, 1.54) is 0 Å². The van der Waals surface area contributed by atoms with Crippen LogP contribution in [0.4, 0.5) is 11.6 Å². The Morgan fingerprint density at radius 3 is 2.61 bits per heavy atom. The molecule has 9 heteroatoms. The lowest BCUT2D eigenvalue weighted by Crippen LogP contribution is -2.29. The Labute approximate surface area is 176 Å². The van der Waals surface area contributed by atoms with Crippen LogP contribution in [-0.4, -0.2) is 20.5 Å². The summed E-state index contributed by atoms with van der Waals surface area (Å²) in [4.78, 5) is 12.9. The molecule has 0 aliphatic carbocycles. The van der Waals surface area contributed by atoms with E-state index in [0.717, 1.165) is 11.4 Å². The minimum atomic E-state index is -0.255. The second kappa shape index (κ2) is 9.82. The van der Waals surface area contributed by atoms with Crippen molar-refractivity contribution in [1.29, 1.82) is 0 Å². The van der Waals surface area contributed by atoms with Crippen LogP contribution in [0.5, 0.6) is 5.75 Å². The van der Waals surface area contributed by atoms with Crippen molar-refractivity contribution in [2.24, 2.45) is 0 Å². The summed E-state index contributed by atoms with van der Waals surface area (Å²) in [5.74, 6) is 2.26. The highest BCUT2D eigenvalue weighted by atomic mass is 35.5. The van der Waals surface area contributed by atoms with Gasteiger partial charge < -0.3 is 10.1 Å². The van der Waals surface area contributed by atoms with Gasteiger partial charge in [-0.25, -0.2) is 0 Å². The summed E-state index contributed by atoms with van der Waals surface area (Å²) in [6.07, 6.45) is 0. The molecule has 0 spiro atoms. The fourth-order valence-electron chi connectivity index (χ4n) is 2.32. The fraction of sp³-hybridized carbons (Fsp3) is 0.211. The molecule has 0 bridgehead atoms. The Morgan fingerprint density at radius 1 is 1.11 bits per heavy atom. The maximum absolute atomic E-state index is 12.9. The molecule has 3 rings (SSSR count). The van der Waals surface area contributed by atoms with Gasteiger partial charge in [-0.05, 0) is 48.2 Å². The fourth-order valence-corrected chi connectivity index (χ4v) is 3.24. The summed E-state index contributed by atoms with van der Waals surface area (Å²) in [6, 6.07) is 14.1. The lowest BCUT2D eigenvalue weighted by atomic mass is 10.3. The van der Waals surface area contributed by atoms with Gasteiger partial charge in [0.15, 0.2) is 5.69 Å². The van der Waals surface area contributed by atoms with Crippen LogP contribution in [-0.2, 0) is 12.5 Å². The van der Waals surface area contributed by atoms with Gasteiger partial charge in [-0.3, -0.25) is 9.36 Å². The maximum Gasteiger partial charge on any atom is 0.281 e. The SMILES string of the molecule is CCSCn1c(Nc2cccc(Cl)c2)nnc(COc2ccc(Cl)cc2)c1=O. The molecule has 2 aromatic carbocycles. The number of nitrogens with one attached hydrogen (secondary N) is 1. The van der Waals surface area contributed by atoms with E-state index in [1.807, 2.05) is 19.1 Å². The van der Waals surface area contributed by atoms with Crippen LogP contribution in [0.2, 0.25) is 10.0 Å². The van der Waals surface area contributed by atoms with Crippen LogP contribution in [0.15, 0.2) is 53.3 Å². The van der Waals surface area contributed by atoms with Crippen LogP contribution in [0, 0.1) is 0 Å². The van der Waals surface area contributed by atoms with Crippen molar-refractivity contribution in [3.63, 3.8) is 0 Å². The Hall–Kier alpha value is -2.22. The smallest absolute Gasteiger partial charge is 0.281 e. The third-order valence-electron chi connectivity index (χ3n) is 3.71. The standard InChI is InChI=1S/C19H18Cl2N4O2S/c1-2-28-12-25-18(26)17(11-27-16-8-6-13(20)7-9-16)23-24-19(25)22-15-5-3-4-14(21)10-15/h3-10H,2,11-12H2,1H3,(H,22,24). The van der Waals surface area contributed by atoms with E-state index in [-0.39, 0.29) is 17.9 Å². The first-order chi connectivity index (χ1) is 13.6. The molecule has 0 fully saturated rings. The van der Waals surface area contributed by atoms with Gasteiger partial charge in [-0.2, -0.15) is 0 Å². The van der Waals surface area contributed by atoms with E-state index in [9.17, 15) is 4.79 Å². The number of hydrogen-bond donors (Lipinski definition) is 1. The summed E-state index contributed by atoms with van der Waals surface area (Å²) in [6.45, 7) is 2.04. The van der Waals surface area contributed by atoms with Crippen molar-refractivity contribution in [2.45, 2.75) is 19.4 Å². The molecule has 0 amide bonds. The quantitative estimate of drug-likeness (QED) is 0.536. The highest BCUT2D eigenvalue weighted by Gasteiger charge is 2.13. The van der Waals surface area contributed by atoms with E-state index in [1.54, 1.807) is 52.7 Å². The minimum Gasteiger partial charge on any atom is -0.487 e. The Morgan fingerprint density at radius 2 is 1.89 bits per heavy atom. The molecule has 0 saturated carbocycles. The number of halogens is 2. The topological polar surface area (TPSA) is 69.0 Å². The monoisotopic (exact) mass is 436 g/mol. The van der Waals surface area contributed by atoms with Crippen molar-refractivity contribution in [3.8, 4) is 5.75 Å². The molecule has 3 aromatic rings. The first-order valence-electron chi connectivity index (χ1n) is 8.52. The molecule has 0 atom stereocenters. The summed E-state index contributed by atoms with van der Waals surface area (Å²) < 4.78 is 7.19. The van der Waals surface area contributed by atoms with E-state index in [2.05, 4.69) is 15.5 Å². The molecule has 0 radical (unpaired) electrons. The van der Waals surface area contributed by atoms with Gasteiger partial charge in [0.25, 0.3) is 5.56 Å². The number of hydrogen-bond acceptors (Lipinski definition) is 6. The second-order valence-corrected chi connectivity index (χ2v) is 7.82. The second-order valence-electron chi connectivity index (χ2n) is 5.70. The average Bonchev–Trinajstić information content (AvgIpc) is 2.68. The summed E-state index contributed by atoms with van der Waals surface area (Å²) in [5, 5.41) is 12.6. The molecule has 1 heterocycles. The molecule has 0 aliphatic heterocycles. The van der Waals surface area contributed by atoms with Crippen molar-refractivity contribution in [2.75, 3.05) is 11.1 Å². The van der Waals surface area contributed by atoms with Gasteiger partial charge in [0.2, 0.25) is 5.95 Å². The largest absolute Gasteiger partial charge is 0.487 e. The van der Waals surface area contributed by atoms with Gasteiger partial charge in [0.1, 0.15) is 12.4 Å². The van der Waals surface area contributed by atoms with Crippen LogP contribution in [0.3, 0.4) is 0 Å². The van der Waals surface area contributed by atoms with Crippen LogP contribution >= 0.6 is 35.0 Å². The zero-order valence-corrected chi connectivity index (χ0v) is 17.4. The number of nitrogens with zero attached hydrogens (tertiary/aromatic N) is 3. The van der Waals surface area contributed by atoms with Crippen molar-refractivity contribution < 1.29 is 4.74 Å². The van der Waals surface area contributed by atoms with Crippen LogP contribution in [0.1, 0.15) is 12.6 Å². The highest BCUT2D eigenvalue weighted by Crippen LogP contribution is 2.20. The number of thioether (sulfide) groups is 1. The molecule has 1 aromatic heterocycles. The zero-order valence-electron chi connectivity index (χ0n) is 15.1. The molecule has 1 N–H and O–H groups in total. The summed E-state index contributed by atoms with van der Waals surface area (Å²) in [5.41, 5.74) is 0.694. The van der Waals surface area contributed by atoms with Crippen LogP contribution < -0.4 is 15.6 Å². The summed E-state index contributed by atoms with van der Waals surface area (Å²) >= 11 is 13.5. The Kier molecular flexibility index (Phi) is 7.19. The van der Waals surface area contributed by atoms with Crippen molar-refractivity contribution in [1.82, 2.24) is 14.8 Å².